The Morgan fingerprint density at radius 2 is 2.27 bits per heavy atom. The molecule has 0 unspecified atom stereocenters. The summed E-state index contributed by atoms with van der Waals surface area (Å²) in [5.74, 6) is 0. The maximum absolute atomic E-state index is 4.95. The van der Waals surface area contributed by atoms with Gasteiger partial charge in [0.2, 0.25) is 0 Å². The smallest absolute Gasteiger partial charge is 0.0596 e. The lowest BCUT2D eigenvalue weighted by Crippen LogP contribution is -2.20. The Kier molecular flexibility index (Phi) is 5.36. The third-order valence-electron chi connectivity index (χ3n) is 2.37. The third kappa shape index (κ3) is 4.44. The van der Waals surface area contributed by atoms with Gasteiger partial charge in [0.1, 0.15) is 0 Å². The lowest BCUT2D eigenvalue weighted by atomic mass is 10.2. The van der Waals surface area contributed by atoms with Crippen molar-refractivity contribution in [1.29, 1.82) is 0 Å². The number of aryl methyl sites for hydroxylation is 3. The highest BCUT2D eigenvalue weighted by atomic mass is 16.5. The highest BCUT2D eigenvalue weighted by Crippen LogP contribution is 2.04. The molecule has 0 saturated carbocycles. The van der Waals surface area contributed by atoms with E-state index in [4.69, 9.17) is 4.74 Å². The minimum Gasteiger partial charge on any atom is -0.383 e. The molecule has 86 valence electrons. The Morgan fingerprint density at radius 1 is 1.47 bits per heavy atom. The van der Waals surface area contributed by atoms with Crippen LogP contribution in [0.4, 0.5) is 0 Å². The van der Waals surface area contributed by atoms with Gasteiger partial charge in [-0.15, -0.1) is 0 Å². The van der Waals surface area contributed by atoms with Crippen LogP contribution in [0.2, 0.25) is 0 Å². The van der Waals surface area contributed by atoms with E-state index in [0.29, 0.717) is 0 Å². The molecule has 1 aromatic rings. The fraction of sp³-hybridized carbons (Fsp3) is 0.727. The minimum absolute atomic E-state index is 0.783. The summed E-state index contributed by atoms with van der Waals surface area (Å²) in [4.78, 5) is 0. The first-order valence-electron chi connectivity index (χ1n) is 5.43. The van der Waals surface area contributed by atoms with Gasteiger partial charge in [0, 0.05) is 26.4 Å². The number of methoxy groups -OCH3 is 1. The SMILES string of the molecule is COCCNCCCc1cc(C)nn1C. The van der Waals surface area contributed by atoms with Crippen LogP contribution in [0.5, 0.6) is 0 Å². The first-order chi connectivity index (χ1) is 7.24. The maximum Gasteiger partial charge on any atom is 0.0596 e. The largest absolute Gasteiger partial charge is 0.383 e. The van der Waals surface area contributed by atoms with Gasteiger partial charge < -0.3 is 10.1 Å². The zero-order valence-corrected chi connectivity index (χ0v) is 9.92. The van der Waals surface area contributed by atoms with Crippen LogP contribution in [0.25, 0.3) is 0 Å². The van der Waals surface area contributed by atoms with Gasteiger partial charge in [-0.2, -0.15) is 5.10 Å². The van der Waals surface area contributed by atoms with Gasteiger partial charge in [-0.05, 0) is 32.4 Å². The first-order valence-corrected chi connectivity index (χ1v) is 5.43. The van der Waals surface area contributed by atoms with Crippen LogP contribution in [0.3, 0.4) is 0 Å². The molecule has 4 nitrogen and oxygen atoms in total. The molecule has 1 rings (SSSR count). The molecule has 0 bridgehead atoms. The summed E-state index contributed by atoms with van der Waals surface area (Å²) in [5, 5.41) is 7.64. The topological polar surface area (TPSA) is 39.1 Å². The van der Waals surface area contributed by atoms with Crippen molar-refractivity contribution in [2.75, 3.05) is 26.8 Å². The zero-order valence-electron chi connectivity index (χ0n) is 9.92. The van der Waals surface area contributed by atoms with Crippen molar-refractivity contribution in [3.8, 4) is 0 Å². The maximum atomic E-state index is 4.95. The molecule has 0 saturated heterocycles. The Bertz CT molecular complexity index is 283. The fourth-order valence-electron chi connectivity index (χ4n) is 1.59. The summed E-state index contributed by atoms with van der Waals surface area (Å²) in [7, 11) is 3.72. The molecule has 1 heterocycles. The number of rotatable bonds is 7. The second-order valence-corrected chi connectivity index (χ2v) is 3.75. The molecule has 0 aliphatic heterocycles. The molecule has 0 spiro atoms. The molecule has 1 aromatic heterocycles. The molecule has 0 fully saturated rings. The second kappa shape index (κ2) is 6.58. The Morgan fingerprint density at radius 3 is 2.87 bits per heavy atom. The van der Waals surface area contributed by atoms with E-state index in [2.05, 4.69) is 16.5 Å². The number of hydrogen-bond acceptors (Lipinski definition) is 3. The highest BCUT2D eigenvalue weighted by molar-refractivity contribution is 5.08. The number of ether oxygens (including phenoxy) is 1. The van der Waals surface area contributed by atoms with Crippen LogP contribution in [-0.2, 0) is 18.2 Å². The van der Waals surface area contributed by atoms with Crippen molar-refractivity contribution in [3.05, 3.63) is 17.5 Å². The Hall–Kier alpha value is -0.870. The number of hydrogen-bond donors (Lipinski definition) is 1. The average Bonchev–Trinajstić information content (AvgIpc) is 2.51. The fourth-order valence-corrected chi connectivity index (χ4v) is 1.59. The molecule has 0 amide bonds. The van der Waals surface area contributed by atoms with E-state index in [1.807, 2.05) is 18.7 Å². The van der Waals surface area contributed by atoms with Crippen LogP contribution in [0.15, 0.2) is 6.07 Å². The lowest BCUT2D eigenvalue weighted by molar-refractivity contribution is 0.199. The van der Waals surface area contributed by atoms with Crippen molar-refractivity contribution in [2.24, 2.45) is 7.05 Å². The van der Waals surface area contributed by atoms with Gasteiger partial charge in [0.25, 0.3) is 0 Å². The van der Waals surface area contributed by atoms with Gasteiger partial charge in [0.05, 0.1) is 12.3 Å². The van der Waals surface area contributed by atoms with Crippen molar-refractivity contribution in [1.82, 2.24) is 15.1 Å². The summed E-state index contributed by atoms with van der Waals surface area (Å²) in [6.07, 6.45) is 2.22. The molecule has 0 radical (unpaired) electrons. The van der Waals surface area contributed by atoms with E-state index < -0.39 is 0 Å². The molecule has 0 aliphatic rings. The van der Waals surface area contributed by atoms with Crippen LogP contribution in [0.1, 0.15) is 17.8 Å². The number of aromatic nitrogens is 2. The summed E-state index contributed by atoms with van der Waals surface area (Å²) >= 11 is 0. The molecular weight excluding hydrogens is 190 g/mol. The van der Waals surface area contributed by atoms with Crippen LogP contribution in [-0.4, -0.2) is 36.6 Å². The monoisotopic (exact) mass is 211 g/mol. The van der Waals surface area contributed by atoms with Crippen LogP contribution in [0, 0.1) is 6.92 Å². The summed E-state index contributed by atoms with van der Waals surface area (Å²) in [6.45, 7) is 4.78. The third-order valence-corrected chi connectivity index (χ3v) is 2.37. The summed E-state index contributed by atoms with van der Waals surface area (Å²) in [5.41, 5.74) is 2.40. The van der Waals surface area contributed by atoms with E-state index in [9.17, 15) is 0 Å². The predicted octanol–water partition coefficient (Wildman–Crippen LogP) is 0.897. The van der Waals surface area contributed by atoms with Crippen molar-refractivity contribution < 1.29 is 4.74 Å². The Balaban J connectivity index is 2.12. The van der Waals surface area contributed by atoms with Gasteiger partial charge in [0.15, 0.2) is 0 Å². The lowest BCUT2D eigenvalue weighted by Gasteiger charge is -2.04. The van der Waals surface area contributed by atoms with Crippen LogP contribution >= 0.6 is 0 Å². The van der Waals surface area contributed by atoms with E-state index in [-0.39, 0.29) is 0 Å². The van der Waals surface area contributed by atoms with Gasteiger partial charge in [-0.25, -0.2) is 0 Å². The Labute approximate surface area is 91.6 Å². The quantitative estimate of drug-likeness (QED) is 0.681. The molecule has 0 aromatic carbocycles. The molecule has 0 aliphatic carbocycles. The van der Waals surface area contributed by atoms with Crippen molar-refractivity contribution in [3.63, 3.8) is 0 Å². The predicted molar refractivity (Wildman–Crippen MR) is 61.0 cm³/mol. The van der Waals surface area contributed by atoms with E-state index >= 15 is 0 Å². The van der Waals surface area contributed by atoms with E-state index in [1.54, 1.807) is 7.11 Å². The number of nitrogens with zero attached hydrogens (tertiary/aromatic N) is 2. The standard InChI is InChI=1S/C11H21N3O/c1-10-9-11(14(2)13-10)5-4-6-12-7-8-15-3/h9,12H,4-8H2,1-3H3. The molecule has 4 heteroatoms. The minimum atomic E-state index is 0.783. The average molecular weight is 211 g/mol. The molecular formula is C11H21N3O. The summed E-state index contributed by atoms with van der Waals surface area (Å²) < 4.78 is 6.92. The highest BCUT2D eigenvalue weighted by Gasteiger charge is 2.00. The van der Waals surface area contributed by atoms with E-state index in [1.165, 1.54) is 5.69 Å². The van der Waals surface area contributed by atoms with Gasteiger partial charge in [-0.1, -0.05) is 0 Å². The normalized spacial score (nSPS) is 10.9. The first kappa shape index (κ1) is 12.2. The number of nitrogens with one attached hydrogen (secondary N) is 1. The molecule has 15 heavy (non-hydrogen) atoms. The molecule has 1 N–H and O–H groups in total. The van der Waals surface area contributed by atoms with E-state index in [0.717, 1.165) is 38.2 Å². The second-order valence-electron chi connectivity index (χ2n) is 3.75. The van der Waals surface area contributed by atoms with Crippen LogP contribution < -0.4 is 5.32 Å². The zero-order chi connectivity index (χ0) is 11.1. The van der Waals surface area contributed by atoms with Crippen molar-refractivity contribution in [2.45, 2.75) is 19.8 Å². The molecule has 0 atom stereocenters. The van der Waals surface area contributed by atoms with Gasteiger partial charge in [-0.3, -0.25) is 4.68 Å². The van der Waals surface area contributed by atoms with Gasteiger partial charge >= 0.3 is 0 Å². The summed E-state index contributed by atoms with van der Waals surface area (Å²) in [6, 6.07) is 2.15. The van der Waals surface area contributed by atoms with Crippen molar-refractivity contribution >= 4 is 0 Å².